The largest absolute Gasteiger partial charge is 0.345 e. The fourth-order valence-corrected chi connectivity index (χ4v) is 3.38. The summed E-state index contributed by atoms with van der Waals surface area (Å²) in [5.41, 5.74) is 1.40. The number of nitrogens with zero attached hydrogens (tertiary/aromatic N) is 4. The number of fused-ring (bicyclic) bond motifs is 1. The van der Waals surface area contributed by atoms with Crippen LogP contribution in [0.3, 0.4) is 0 Å². The van der Waals surface area contributed by atoms with Crippen LogP contribution in [0, 0.1) is 34.0 Å². The summed E-state index contributed by atoms with van der Waals surface area (Å²) in [7, 11) is -3.39. The number of rotatable bonds is 3. The van der Waals surface area contributed by atoms with Gasteiger partial charge >= 0.3 is 0 Å². The van der Waals surface area contributed by atoms with Gasteiger partial charge in [0.05, 0.1) is 11.9 Å². The second-order valence-electron chi connectivity index (χ2n) is 4.99. The lowest BCUT2D eigenvalue weighted by Crippen LogP contribution is -2.34. The number of anilines is 2. The molecule has 23 heavy (non-hydrogen) atoms. The van der Waals surface area contributed by atoms with Crippen molar-refractivity contribution in [1.82, 2.24) is 0 Å². The first-order valence-electron chi connectivity index (χ1n) is 6.73. The molecule has 1 aromatic carbocycles. The summed E-state index contributed by atoms with van der Waals surface area (Å²) in [6, 6.07) is 10.1. The van der Waals surface area contributed by atoms with Crippen molar-refractivity contribution in [2.75, 3.05) is 22.4 Å². The predicted octanol–water partition coefficient (Wildman–Crippen LogP) is 1.64. The number of hydrogen-bond acceptors (Lipinski definition) is 6. The normalized spacial score (nSPS) is 13.0. The number of nitriles is 3. The SMILES string of the molecule is CS(=O)(=O)N1CCCc2ccc(NC(C#N)=C(C#N)C#N)cc21. The number of aryl methyl sites for hydroxylation is 1. The summed E-state index contributed by atoms with van der Waals surface area (Å²) in [6.07, 6.45) is 2.65. The van der Waals surface area contributed by atoms with Crippen molar-refractivity contribution in [3.8, 4) is 18.2 Å². The van der Waals surface area contributed by atoms with Gasteiger partial charge in [0.2, 0.25) is 10.0 Å². The van der Waals surface area contributed by atoms with E-state index < -0.39 is 10.0 Å². The Balaban J connectivity index is 2.46. The molecule has 0 bridgehead atoms. The summed E-state index contributed by atoms with van der Waals surface area (Å²) in [5.74, 6) is 0. The highest BCUT2D eigenvalue weighted by Crippen LogP contribution is 2.32. The molecule has 0 unspecified atom stereocenters. The van der Waals surface area contributed by atoms with Crippen LogP contribution >= 0.6 is 0 Å². The minimum atomic E-state index is -3.39. The summed E-state index contributed by atoms with van der Waals surface area (Å²) in [4.78, 5) is 0. The van der Waals surface area contributed by atoms with Crippen molar-refractivity contribution < 1.29 is 8.42 Å². The quantitative estimate of drug-likeness (QED) is 0.842. The smallest absolute Gasteiger partial charge is 0.232 e. The van der Waals surface area contributed by atoms with Gasteiger partial charge < -0.3 is 5.32 Å². The van der Waals surface area contributed by atoms with Gasteiger partial charge in [-0.15, -0.1) is 0 Å². The highest BCUT2D eigenvalue weighted by Gasteiger charge is 2.24. The van der Waals surface area contributed by atoms with Crippen molar-refractivity contribution in [1.29, 1.82) is 15.8 Å². The van der Waals surface area contributed by atoms with E-state index in [4.69, 9.17) is 15.8 Å². The third kappa shape index (κ3) is 3.42. The molecule has 1 heterocycles. The standard InChI is InChI=1S/C15H13N5O2S/c1-23(21,22)20-6-2-3-11-4-5-13(7-15(11)20)19-14(10-18)12(8-16)9-17/h4-5,7,19H,2-3,6H2,1H3. The number of sulfonamides is 1. The average Bonchev–Trinajstić information content (AvgIpc) is 2.53. The van der Waals surface area contributed by atoms with E-state index in [1.165, 1.54) is 4.31 Å². The minimum Gasteiger partial charge on any atom is -0.345 e. The summed E-state index contributed by atoms with van der Waals surface area (Å²) in [6.45, 7) is 0.401. The van der Waals surface area contributed by atoms with Crippen LogP contribution in [0.25, 0.3) is 0 Å². The fourth-order valence-electron chi connectivity index (χ4n) is 2.39. The third-order valence-corrected chi connectivity index (χ3v) is 4.60. The molecule has 0 saturated heterocycles. The summed E-state index contributed by atoms with van der Waals surface area (Å²) >= 11 is 0. The zero-order valence-corrected chi connectivity index (χ0v) is 13.2. The monoisotopic (exact) mass is 327 g/mol. The highest BCUT2D eigenvalue weighted by atomic mass is 32.2. The fraction of sp³-hybridized carbons (Fsp3) is 0.267. The summed E-state index contributed by atoms with van der Waals surface area (Å²) < 4.78 is 25.1. The van der Waals surface area contributed by atoms with Crippen LogP contribution < -0.4 is 9.62 Å². The zero-order valence-electron chi connectivity index (χ0n) is 12.4. The molecule has 0 amide bonds. The van der Waals surface area contributed by atoms with Crippen LogP contribution in [0.5, 0.6) is 0 Å². The molecule has 1 aliphatic rings. The van der Waals surface area contributed by atoms with Gasteiger partial charge in [-0.25, -0.2) is 8.42 Å². The molecular formula is C15H13N5O2S. The van der Waals surface area contributed by atoms with Crippen molar-refractivity contribution in [2.24, 2.45) is 0 Å². The van der Waals surface area contributed by atoms with Gasteiger partial charge in [-0.1, -0.05) is 6.07 Å². The molecule has 0 atom stereocenters. The van der Waals surface area contributed by atoms with E-state index in [-0.39, 0.29) is 11.3 Å². The number of hydrogen-bond donors (Lipinski definition) is 1. The second-order valence-corrected chi connectivity index (χ2v) is 6.90. The van der Waals surface area contributed by atoms with Crippen LogP contribution in [-0.4, -0.2) is 21.2 Å². The van der Waals surface area contributed by atoms with E-state index in [1.807, 2.05) is 0 Å². The van der Waals surface area contributed by atoms with E-state index in [2.05, 4.69) is 5.32 Å². The first-order valence-corrected chi connectivity index (χ1v) is 8.57. The van der Waals surface area contributed by atoms with Crippen molar-refractivity contribution >= 4 is 21.4 Å². The Labute approximate surface area is 134 Å². The van der Waals surface area contributed by atoms with Gasteiger partial charge in [0.25, 0.3) is 0 Å². The van der Waals surface area contributed by atoms with E-state index in [1.54, 1.807) is 36.4 Å². The summed E-state index contributed by atoms with van der Waals surface area (Å²) in [5, 5.41) is 29.4. The predicted molar refractivity (Wildman–Crippen MR) is 84.4 cm³/mol. The van der Waals surface area contributed by atoms with Gasteiger partial charge in [0.15, 0.2) is 5.57 Å². The average molecular weight is 327 g/mol. The van der Waals surface area contributed by atoms with Gasteiger partial charge in [-0.05, 0) is 30.5 Å². The van der Waals surface area contributed by atoms with Crippen LogP contribution in [0.4, 0.5) is 11.4 Å². The van der Waals surface area contributed by atoms with Crippen molar-refractivity contribution in [3.63, 3.8) is 0 Å². The maximum Gasteiger partial charge on any atom is 0.232 e. The van der Waals surface area contributed by atoms with Crippen LogP contribution in [-0.2, 0) is 16.4 Å². The van der Waals surface area contributed by atoms with E-state index in [0.29, 0.717) is 17.9 Å². The molecule has 1 aromatic rings. The van der Waals surface area contributed by atoms with Gasteiger partial charge in [-0.2, -0.15) is 15.8 Å². The lowest BCUT2D eigenvalue weighted by molar-refractivity contribution is 0.592. The lowest BCUT2D eigenvalue weighted by atomic mass is 10.0. The minimum absolute atomic E-state index is 0.170. The Bertz CT molecular complexity index is 881. The molecule has 2 rings (SSSR count). The molecule has 7 nitrogen and oxygen atoms in total. The molecule has 1 N–H and O–H groups in total. The van der Waals surface area contributed by atoms with Crippen molar-refractivity contribution in [3.05, 3.63) is 35.0 Å². The molecule has 1 aliphatic heterocycles. The van der Waals surface area contributed by atoms with Crippen LogP contribution in [0.2, 0.25) is 0 Å². The number of nitrogens with one attached hydrogen (secondary N) is 1. The Morgan fingerprint density at radius 3 is 2.48 bits per heavy atom. The lowest BCUT2D eigenvalue weighted by Gasteiger charge is -2.29. The molecule has 0 aliphatic carbocycles. The Kier molecular flexibility index (Phi) is 4.55. The van der Waals surface area contributed by atoms with E-state index in [0.717, 1.165) is 24.7 Å². The Hall–Kier alpha value is -3.02. The maximum absolute atomic E-state index is 11.9. The topological polar surface area (TPSA) is 121 Å². The van der Waals surface area contributed by atoms with Gasteiger partial charge in [0, 0.05) is 12.2 Å². The van der Waals surface area contributed by atoms with Crippen molar-refractivity contribution in [2.45, 2.75) is 12.8 Å². The molecule has 0 aromatic heterocycles. The molecule has 8 heteroatoms. The second kappa shape index (κ2) is 6.39. The molecule has 0 fully saturated rings. The van der Waals surface area contributed by atoms with Gasteiger partial charge in [-0.3, -0.25) is 4.31 Å². The first kappa shape index (κ1) is 16.4. The molecular weight excluding hydrogens is 314 g/mol. The molecule has 0 radical (unpaired) electrons. The van der Waals surface area contributed by atoms with Gasteiger partial charge in [0.1, 0.15) is 23.9 Å². The molecule has 0 saturated carbocycles. The van der Waals surface area contributed by atoms with E-state index >= 15 is 0 Å². The van der Waals surface area contributed by atoms with E-state index in [9.17, 15) is 8.42 Å². The molecule has 116 valence electrons. The zero-order chi connectivity index (χ0) is 17.0. The number of allylic oxidation sites excluding steroid dienone is 2. The first-order chi connectivity index (χ1) is 10.9. The van der Waals surface area contributed by atoms with Crippen LogP contribution in [0.1, 0.15) is 12.0 Å². The third-order valence-electron chi connectivity index (χ3n) is 3.42. The Morgan fingerprint density at radius 2 is 1.91 bits per heavy atom. The van der Waals surface area contributed by atoms with Crippen LogP contribution in [0.15, 0.2) is 29.5 Å². The maximum atomic E-state index is 11.9. The Morgan fingerprint density at radius 1 is 1.22 bits per heavy atom. The molecule has 0 spiro atoms. The highest BCUT2D eigenvalue weighted by molar-refractivity contribution is 7.92. The number of benzene rings is 1.